The number of carbonyl (C=O) groups excluding carboxylic acids is 1. The smallest absolute Gasteiger partial charge is 0.226 e. The van der Waals surface area contributed by atoms with Crippen molar-refractivity contribution >= 4 is 5.91 Å². The van der Waals surface area contributed by atoms with Gasteiger partial charge in [0.2, 0.25) is 5.91 Å². The first-order valence-electron chi connectivity index (χ1n) is 5.04. The van der Waals surface area contributed by atoms with Gasteiger partial charge in [-0.2, -0.15) is 0 Å². The van der Waals surface area contributed by atoms with Gasteiger partial charge < -0.3 is 5.32 Å². The van der Waals surface area contributed by atoms with Crippen molar-refractivity contribution in [3.05, 3.63) is 0 Å². The van der Waals surface area contributed by atoms with Crippen LogP contribution in [-0.4, -0.2) is 12.5 Å². The number of nitrogens with one attached hydrogen (secondary N) is 1. The minimum atomic E-state index is 0.0399. The van der Waals surface area contributed by atoms with Gasteiger partial charge in [-0.1, -0.05) is 19.8 Å². The van der Waals surface area contributed by atoms with Gasteiger partial charge in [0, 0.05) is 6.54 Å². The number of carbonyl (C=O) groups is 1. The fraction of sp³-hybridized carbons (Fsp3) is 0.900. The summed E-state index contributed by atoms with van der Waals surface area (Å²) >= 11 is 0. The Balaban J connectivity index is 2.21. The zero-order valence-electron chi connectivity index (χ0n) is 7.73. The summed E-state index contributed by atoms with van der Waals surface area (Å²) in [4.78, 5) is 11.7. The molecule has 1 heterocycles. The van der Waals surface area contributed by atoms with Crippen LogP contribution in [0.5, 0.6) is 0 Å². The molecule has 2 unspecified atom stereocenters. The first-order valence-corrected chi connectivity index (χ1v) is 5.04. The molecule has 2 nitrogen and oxygen atoms in total. The molecule has 2 rings (SSSR count). The molecule has 1 N–H and O–H groups in total. The van der Waals surface area contributed by atoms with E-state index in [9.17, 15) is 4.79 Å². The van der Waals surface area contributed by atoms with Gasteiger partial charge in [0.25, 0.3) is 0 Å². The molecule has 0 aromatic heterocycles. The van der Waals surface area contributed by atoms with Crippen LogP contribution in [-0.2, 0) is 4.79 Å². The quantitative estimate of drug-likeness (QED) is 0.584. The van der Waals surface area contributed by atoms with Crippen LogP contribution in [0.25, 0.3) is 0 Å². The molecule has 2 atom stereocenters. The number of hydrogen-bond acceptors (Lipinski definition) is 1. The molecule has 0 aromatic rings. The highest BCUT2D eigenvalue weighted by Crippen LogP contribution is 2.45. The summed E-state index contributed by atoms with van der Waals surface area (Å²) < 4.78 is 0. The van der Waals surface area contributed by atoms with Crippen LogP contribution >= 0.6 is 0 Å². The fourth-order valence-corrected chi connectivity index (χ4v) is 2.81. The molecule has 2 heteroatoms. The summed E-state index contributed by atoms with van der Waals surface area (Å²) in [5, 5.41) is 2.97. The van der Waals surface area contributed by atoms with Crippen molar-refractivity contribution in [2.45, 2.75) is 39.0 Å². The lowest BCUT2D eigenvalue weighted by Crippen LogP contribution is -2.39. The van der Waals surface area contributed by atoms with E-state index in [-0.39, 0.29) is 5.41 Å². The lowest BCUT2D eigenvalue weighted by Gasteiger charge is -2.36. The monoisotopic (exact) mass is 167 g/mol. The summed E-state index contributed by atoms with van der Waals surface area (Å²) in [5.41, 5.74) is 0.0399. The van der Waals surface area contributed by atoms with Gasteiger partial charge >= 0.3 is 0 Å². The van der Waals surface area contributed by atoms with Crippen molar-refractivity contribution in [2.75, 3.05) is 6.54 Å². The van der Waals surface area contributed by atoms with Gasteiger partial charge in [-0.05, 0) is 25.2 Å². The summed E-state index contributed by atoms with van der Waals surface area (Å²) in [7, 11) is 0. The van der Waals surface area contributed by atoms with Crippen molar-refractivity contribution in [3.63, 3.8) is 0 Å². The number of amides is 1. The molecule has 1 amide bonds. The Hall–Kier alpha value is -0.530. The highest BCUT2D eigenvalue weighted by molar-refractivity contribution is 5.85. The summed E-state index contributed by atoms with van der Waals surface area (Å²) in [6.07, 6.45) is 6.01. The van der Waals surface area contributed by atoms with Crippen molar-refractivity contribution in [3.8, 4) is 0 Å². The van der Waals surface area contributed by atoms with E-state index in [0.717, 1.165) is 19.4 Å². The highest BCUT2D eigenvalue weighted by atomic mass is 16.2. The summed E-state index contributed by atoms with van der Waals surface area (Å²) in [6, 6.07) is 0. The maximum atomic E-state index is 11.7. The van der Waals surface area contributed by atoms with Crippen LogP contribution in [0, 0.1) is 11.3 Å². The summed E-state index contributed by atoms with van der Waals surface area (Å²) in [6.45, 7) is 3.15. The van der Waals surface area contributed by atoms with Gasteiger partial charge in [-0.25, -0.2) is 0 Å². The lowest BCUT2D eigenvalue weighted by atomic mass is 9.66. The zero-order chi connectivity index (χ0) is 8.60. The molecule has 0 aromatic carbocycles. The van der Waals surface area contributed by atoms with Crippen LogP contribution in [0.2, 0.25) is 0 Å². The maximum absolute atomic E-state index is 11.7. The third kappa shape index (κ3) is 0.970. The van der Waals surface area contributed by atoms with E-state index in [1.165, 1.54) is 19.3 Å². The average Bonchev–Trinajstić information content (AvgIpc) is 2.41. The van der Waals surface area contributed by atoms with Crippen LogP contribution in [0.1, 0.15) is 39.0 Å². The molecule has 0 radical (unpaired) electrons. The Bertz CT molecular complexity index is 202. The Morgan fingerprint density at radius 2 is 2.25 bits per heavy atom. The molecule has 1 aliphatic carbocycles. The van der Waals surface area contributed by atoms with E-state index in [4.69, 9.17) is 0 Å². The second kappa shape index (κ2) is 2.75. The molecule has 68 valence electrons. The molecule has 0 bridgehead atoms. The third-order valence-electron chi connectivity index (χ3n) is 3.76. The largest absolute Gasteiger partial charge is 0.356 e. The van der Waals surface area contributed by atoms with E-state index in [1.54, 1.807) is 0 Å². The van der Waals surface area contributed by atoms with E-state index in [2.05, 4.69) is 12.2 Å². The average molecular weight is 167 g/mol. The van der Waals surface area contributed by atoms with Crippen LogP contribution in [0.3, 0.4) is 0 Å². The summed E-state index contributed by atoms with van der Waals surface area (Å²) in [5.74, 6) is 0.934. The van der Waals surface area contributed by atoms with E-state index in [1.807, 2.05) is 0 Å². The van der Waals surface area contributed by atoms with Crippen LogP contribution in [0.15, 0.2) is 0 Å². The number of hydrogen-bond donors (Lipinski definition) is 1. The first-order chi connectivity index (χ1) is 5.76. The van der Waals surface area contributed by atoms with Gasteiger partial charge in [-0.3, -0.25) is 4.79 Å². The SMILES string of the molecule is CC1CCCCC12CCNC2=O. The van der Waals surface area contributed by atoms with Crippen molar-refractivity contribution in [2.24, 2.45) is 11.3 Å². The second-order valence-electron chi connectivity index (χ2n) is 4.31. The van der Waals surface area contributed by atoms with Gasteiger partial charge in [0.05, 0.1) is 5.41 Å². The second-order valence-corrected chi connectivity index (χ2v) is 4.31. The molecule has 1 aliphatic heterocycles. The Kier molecular flexibility index (Phi) is 1.85. The molecule has 1 saturated heterocycles. The lowest BCUT2D eigenvalue weighted by molar-refractivity contribution is -0.131. The Labute approximate surface area is 73.7 Å². The van der Waals surface area contributed by atoms with Crippen molar-refractivity contribution in [1.82, 2.24) is 5.32 Å². The molecule has 2 aliphatic rings. The van der Waals surface area contributed by atoms with E-state index in [0.29, 0.717) is 11.8 Å². The molecule has 12 heavy (non-hydrogen) atoms. The van der Waals surface area contributed by atoms with Crippen molar-refractivity contribution < 1.29 is 4.79 Å². The third-order valence-corrected chi connectivity index (χ3v) is 3.76. The maximum Gasteiger partial charge on any atom is 0.226 e. The molecule has 1 saturated carbocycles. The minimum absolute atomic E-state index is 0.0399. The predicted molar refractivity (Wildman–Crippen MR) is 47.7 cm³/mol. The van der Waals surface area contributed by atoms with E-state index < -0.39 is 0 Å². The van der Waals surface area contributed by atoms with E-state index >= 15 is 0 Å². The molecule has 1 spiro atoms. The van der Waals surface area contributed by atoms with Gasteiger partial charge in [-0.15, -0.1) is 0 Å². The highest BCUT2D eigenvalue weighted by Gasteiger charge is 2.47. The first kappa shape index (κ1) is 8.09. The van der Waals surface area contributed by atoms with Gasteiger partial charge in [0.15, 0.2) is 0 Å². The van der Waals surface area contributed by atoms with Crippen LogP contribution in [0.4, 0.5) is 0 Å². The fourth-order valence-electron chi connectivity index (χ4n) is 2.81. The van der Waals surface area contributed by atoms with Crippen LogP contribution < -0.4 is 5.32 Å². The normalized spacial score (nSPS) is 41.8. The van der Waals surface area contributed by atoms with Gasteiger partial charge in [0.1, 0.15) is 0 Å². The zero-order valence-corrected chi connectivity index (χ0v) is 7.73. The topological polar surface area (TPSA) is 29.1 Å². The van der Waals surface area contributed by atoms with Crippen molar-refractivity contribution in [1.29, 1.82) is 0 Å². The molecule has 2 fully saturated rings. The standard InChI is InChI=1S/C10H17NO/c1-8-4-2-3-5-10(8)6-7-11-9(10)12/h8H,2-7H2,1H3,(H,11,12). The molecular weight excluding hydrogens is 150 g/mol. The Morgan fingerprint density at radius 3 is 2.83 bits per heavy atom. The number of rotatable bonds is 0. The minimum Gasteiger partial charge on any atom is -0.356 e. The predicted octanol–water partition coefficient (Wildman–Crippen LogP) is 1.70. The molecular formula is C10H17NO. The Morgan fingerprint density at radius 1 is 1.42 bits per heavy atom.